The zero-order valence-electron chi connectivity index (χ0n) is 11.3. The van der Waals surface area contributed by atoms with Gasteiger partial charge in [-0.3, -0.25) is 9.59 Å². The molecule has 0 radical (unpaired) electrons. The van der Waals surface area contributed by atoms with Gasteiger partial charge in [0.1, 0.15) is 0 Å². The highest BCUT2D eigenvalue weighted by atomic mass is 16.5. The first-order valence-electron chi connectivity index (χ1n) is 6.44. The highest BCUT2D eigenvalue weighted by Crippen LogP contribution is 2.04. The molecule has 0 aromatic heterocycles. The Kier molecular flexibility index (Phi) is 6.67. The fourth-order valence-electron chi connectivity index (χ4n) is 1.89. The molecule has 1 heterocycles. The Morgan fingerprint density at radius 2 is 1.83 bits per heavy atom. The Balaban J connectivity index is 2.18. The monoisotopic (exact) mass is 257 g/mol. The first-order chi connectivity index (χ1) is 8.69. The predicted octanol–water partition coefficient (Wildman–Crippen LogP) is -0.697. The standard InChI is InChI=1S/C12H23N3O3/c1-3-14-9-12(17)15(10-11(14)16)7-4-5-13-6-8-18-2/h13H,3-10H2,1-2H3. The van der Waals surface area contributed by atoms with Crippen LogP contribution in [0.3, 0.4) is 0 Å². The summed E-state index contributed by atoms with van der Waals surface area (Å²) in [7, 11) is 1.67. The lowest BCUT2D eigenvalue weighted by Gasteiger charge is -2.33. The molecule has 6 nitrogen and oxygen atoms in total. The molecule has 0 aliphatic carbocycles. The average Bonchev–Trinajstić information content (AvgIpc) is 2.37. The molecule has 1 N–H and O–H groups in total. The summed E-state index contributed by atoms with van der Waals surface area (Å²) in [6.07, 6.45) is 0.856. The van der Waals surface area contributed by atoms with Gasteiger partial charge in [0.25, 0.3) is 0 Å². The number of rotatable bonds is 8. The highest BCUT2D eigenvalue weighted by molar-refractivity contribution is 5.92. The molecule has 0 saturated carbocycles. The summed E-state index contributed by atoms with van der Waals surface area (Å²) in [5.41, 5.74) is 0. The Hall–Kier alpha value is -1.14. The van der Waals surface area contributed by atoms with Crippen molar-refractivity contribution in [2.24, 2.45) is 0 Å². The number of carbonyl (C=O) groups excluding carboxylic acids is 2. The van der Waals surface area contributed by atoms with E-state index >= 15 is 0 Å². The van der Waals surface area contributed by atoms with Crippen LogP contribution in [0.2, 0.25) is 0 Å². The second-order valence-electron chi connectivity index (χ2n) is 4.32. The van der Waals surface area contributed by atoms with Gasteiger partial charge < -0.3 is 19.9 Å². The number of hydrogen-bond donors (Lipinski definition) is 1. The van der Waals surface area contributed by atoms with Gasteiger partial charge >= 0.3 is 0 Å². The van der Waals surface area contributed by atoms with E-state index < -0.39 is 0 Å². The number of likely N-dealkylation sites (N-methyl/N-ethyl adjacent to an activating group) is 1. The van der Waals surface area contributed by atoms with Crippen LogP contribution in [-0.2, 0) is 14.3 Å². The number of nitrogens with one attached hydrogen (secondary N) is 1. The average molecular weight is 257 g/mol. The molecule has 1 aliphatic heterocycles. The fourth-order valence-corrected chi connectivity index (χ4v) is 1.89. The maximum Gasteiger partial charge on any atom is 0.242 e. The summed E-state index contributed by atoms with van der Waals surface area (Å²) in [6, 6.07) is 0. The van der Waals surface area contributed by atoms with Crippen molar-refractivity contribution in [3.05, 3.63) is 0 Å². The third-order valence-electron chi connectivity index (χ3n) is 3.00. The van der Waals surface area contributed by atoms with Crippen LogP contribution < -0.4 is 5.32 Å². The topological polar surface area (TPSA) is 61.9 Å². The molecule has 0 aromatic rings. The summed E-state index contributed by atoms with van der Waals surface area (Å²) in [6.45, 7) is 5.93. The Bertz CT molecular complexity index is 284. The van der Waals surface area contributed by atoms with E-state index in [1.807, 2.05) is 6.92 Å². The van der Waals surface area contributed by atoms with E-state index in [1.165, 1.54) is 0 Å². The van der Waals surface area contributed by atoms with Crippen molar-refractivity contribution in [3.63, 3.8) is 0 Å². The van der Waals surface area contributed by atoms with Gasteiger partial charge in [0.05, 0.1) is 19.7 Å². The molecule has 0 aromatic carbocycles. The van der Waals surface area contributed by atoms with E-state index in [-0.39, 0.29) is 24.9 Å². The molecule has 0 atom stereocenters. The summed E-state index contributed by atoms with van der Waals surface area (Å²) in [5.74, 6) is 0.0952. The van der Waals surface area contributed by atoms with Crippen LogP contribution in [0.4, 0.5) is 0 Å². The molecule has 6 heteroatoms. The van der Waals surface area contributed by atoms with Gasteiger partial charge in [-0.25, -0.2) is 0 Å². The number of nitrogens with zero attached hydrogens (tertiary/aromatic N) is 2. The fraction of sp³-hybridized carbons (Fsp3) is 0.833. The zero-order chi connectivity index (χ0) is 13.4. The quantitative estimate of drug-likeness (QED) is 0.584. The first kappa shape index (κ1) is 14.9. The van der Waals surface area contributed by atoms with Crippen LogP contribution >= 0.6 is 0 Å². The van der Waals surface area contributed by atoms with E-state index in [0.29, 0.717) is 19.7 Å². The second-order valence-corrected chi connectivity index (χ2v) is 4.32. The van der Waals surface area contributed by atoms with Gasteiger partial charge in [-0.15, -0.1) is 0 Å². The molecule has 0 unspecified atom stereocenters. The molecule has 0 bridgehead atoms. The Labute approximate surface area is 108 Å². The van der Waals surface area contributed by atoms with Crippen molar-refractivity contribution in [2.45, 2.75) is 13.3 Å². The van der Waals surface area contributed by atoms with Crippen LogP contribution in [0, 0.1) is 0 Å². The maximum absolute atomic E-state index is 11.8. The van der Waals surface area contributed by atoms with Crippen LogP contribution in [0.5, 0.6) is 0 Å². The number of ether oxygens (including phenoxy) is 1. The van der Waals surface area contributed by atoms with Crippen molar-refractivity contribution in [1.82, 2.24) is 15.1 Å². The van der Waals surface area contributed by atoms with Gasteiger partial charge in [0, 0.05) is 26.7 Å². The minimum absolute atomic E-state index is 0.0458. The molecule has 1 saturated heterocycles. The normalized spacial score (nSPS) is 16.6. The number of hydrogen-bond acceptors (Lipinski definition) is 4. The highest BCUT2D eigenvalue weighted by Gasteiger charge is 2.27. The van der Waals surface area contributed by atoms with E-state index in [2.05, 4.69) is 5.32 Å². The van der Waals surface area contributed by atoms with Crippen LogP contribution in [-0.4, -0.2) is 74.6 Å². The predicted molar refractivity (Wildman–Crippen MR) is 68.2 cm³/mol. The minimum atomic E-state index is 0.0458. The molecule has 1 fully saturated rings. The van der Waals surface area contributed by atoms with Crippen molar-refractivity contribution in [2.75, 3.05) is 53.0 Å². The Morgan fingerprint density at radius 3 is 2.50 bits per heavy atom. The van der Waals surface area contributed by atoms with Gasteiger partial charge in [0.15, 0.2) is 0 Å². The number of piperazine rings is 1. The zero-order valence-corrected chi connectivity index (χ0v) is 11.3. The summed E-state index contributed by atoms with van der Waals surface area (Å²) < 4.78 is 4.92. The van der Waals surface area contributed by atoms with E-state index in [1.54, 1.807) is 16.9 Å². The molecular weight excluding hydrogens is 234 g/mol. The summed E-state index contributed by atoms with van der Waals surface area (Å²) in [4.78, 5) is 26.7. The summed E-state index contributed by atoms with van der Waals surface area (Å²) >= 11 is 0. The molecule has 1 rings (SSSR count). The van der Waals surface area contributed by atoms with Crippen LogP contribution in [0.25, 0.3) is 0 Å². The van der Waals surface area contributed by atoms with Crippen molar-refractivity contribution < 1.29 is 14.3 Å². The van der Waals surface area contributed by atoms with Gasteiger partial charge in [-0.05, 0) is 19.9 Å². The molecule has 18 heavy (non-hydrogen) atoms. The molecule has 0 spiro atoms. The van der Waals surface area contributed by atoms with Gasteiger partial charge in [-0.2, -0.15) is 0 Å². The van der Waals surface area contributed by atoms with E-state index in [9.17, 15) is 9.59 Å². The van der Waals surface area contributed by atoms with Crippen molar-refractivity contribution >= 4 is 11.8 Å². The third kappa shape index (κ3) is 4.62. The smallest absolute Gasteiger partial charge is 0.242 e. The second kappa shape index (κ2) is 8.05. The molecule has 1 aliphatic rings. The SMILES string of the molecule is CCN1CC(=O)N(CCCNCCOC)CC1=O. The van der Waals surface area contributed by atoms with Crippen LogP contribution in [0.1, 0.15) is 13.3 Å². The van der Waals surface area contributed by atoms with Crippen molar-refractivity contribution in [1.29, 1.82) is 0 Å². The number of amides is 2. The lowest BCUT2D eigenvalue weighted by atomic mass is 10.2. The molecule has 2 amide bonds. The van der Waals surface area contributed by atoms with Crippen molar-refractivity contribution in [3.8, 4) is 0 Å². The van der Waals surface area contributed by atoms with E-state index in [4.69, 9.17) is 4.74 Å². The van der Waals surface area contributed by atoms with Gasteiger partial charge in [-0.1, -0.05) is 0 Å². The Morgan fingerprint density at radius 1 is 1.17 bits per heavy atom. The molecule has 104 valence electrons. The third-order valence-corrected chi connectivity index (χ3v) is 3.00. The maximum atomic E-state index is 11.8. The van der Waals surface area contributed by atoms with Crippen LogP contribution in [0.15, 0.2) is 0 Å². The molecular formula is C12H23N3O3. The van der Waals surface area contributed by atoms with Gasteiger partial charge in [0.2, 0.25) is 11.8 Å². The van der Waals surface area contributed by atoms with E-state index in [0.717, 1.165) is 19.5 Å². The number of carbonyl (C=O) groups is 2. The largest absolute Gasteiger partial charge is 0.383 e. The summed E-state index contributed by atoms with van der Waals surface area (Å²) in [5, 5.41) is 3.21. The first-order valence-corrected chi connectivity index (χ1v) is 6.44. The minimum Gasteiger partial charge on any atom is -0.383 e. The lowest BCUT2D eigenvalue weighted by molar-refractivity contribution is -0.149. The lowest BCUT2D eigenvalue weighted by Crippen LogP contribution is -2.53. The number of methoxy groups -OCH3 is 1.